The molecule has 5 rings (SSSR count). The van der Waals surface area contributed by atoms with Gasteiger partial charge >= 0.3 is 19.9 Å². The first kappa shape index (κ1) is 36.8. The minimum atomic E-state index is -3.94. The van der Waals surface area contributed by atoms with Crippen molar-refractivity contribution in [2.75, 3.05) is 26.7 Å². The van der Waals surface area contributed by atoms with Crippen LogP contribution >= 0.6 is 45.2 Å². The van der Waals surface area contributed by atoms with Gasteiger partial charge in [-0.1, -0.05) is 12.1 Å². The number of carbonyl (C=O) groups excluding carboxylic acids is 2. The maximum Gasteiger partial charge on any atom is 0.367 e. The first-order valence-corrected chi connectivity index (χ1v) is 16.9. The van der Waals surface area contributed by atoms with Crippen LogP contribution in [-0.4, -0.2) is 97.0 Å². The number of urea groups is 2. The van der Waals surface area contributed by atoms with Gasteiger partial charge in [-0.05, 0) is 65.8 Å². The van der Waals surface area contributed by atoms with Gasteiger partial charge in [0.05, 0.1) is 75.6 Å². The summed E-state index contributed by atoms with van der Waals surface area (Å²) in [4.78, 5) is 49.0. The van der Waals surface area contributed by atoms with Gasteiger partial charge in [0, 0.05) is 56.3 Å². The maximum atomic E-state index is 13.6. The van der Waals surface area contributed by atoms with Gasteiger partial charge in [0.1, 0.15) is 0 Å². The fourth-order valence-electron chi connectivity index (χ4n) is 5.07. The molecule has 10 nitrogen and oxygen atoms in total. The van der Waals surface area contributed by atoms with E-state index >= 15 is 0 Å². The SMILES string of the molecule is CC(C)(C)N1CN2Cc3cccc(n3)CN3CN(C(C)(C)C)CN(Cc4cccc(n4)CN(C1)C2=O)C3=O.FC(F)(I)C(F)(F)I. The predicted octanol–water partition coefficient (Wildman–Crippen LogP) is 6.74. The number of pyridine rings is 2. The lowest BCUT2D eigenvalue weighted by molar-refractivity contribution is -0.0561. The van der Waals surface area contributed by atoms with Gasteiger partial charge in [0.2, 0.25) is 0 Å². The first-order valence-electron chi connectivity index (χ1n) is 14.7. The molecule has 5 heterocycles. The van der Waals surface area contributed by atoms with E-state index in [4.69, 9.17) is 9.97 Å². The Morgan fingerprint density at radius 3 is 0.978 bits per heavy atom. The van der Waals surface area contributed by atoms with Crippen molar-refractivity contribution in [3.63, 3.8) is 0 Å². The second-order valence-corrected chi connectivity index (χ2v) is 16.3. The molecular weight excluding hydrogens is 834 g/mol. The highest BCUT2D eigenvalue weighted by molar-refractivity contribution is 14.1. The number of aromatic nitrogens is 2. The van der Waals surface area contributed by atoms with Crippen molar-refractivity contribution in [3.05, 3.63) is 59.2 Å². The summed E-state index contributed by atoms with van der Waals surface area (Å²) >= 11 is 0.785. The minimum absolute atomic E-state index is 0.0163. The quantitative estimate of drug-likeness (QED) is 0.180. The Labute approximate surface area is 294 Å². The van der Waals surface area contributed by atoms with Crippen LogP contribution in [0.15, 0.2) is 36.4 Å². The summed E-state index contributed by atoms with van der Waals surface area (Å²) < 4.78 is 38.0. The molecule has 16 heteroatoms. The summed E-state index contributed by atoms with van der Waals surface area (Å²) in [6, 6.07) is 11.7. The van der Waals surface area contributed by atoms with Gasteiger partial charge in [-0.25, -0.2) is 9.59 Å². The average molecular weight is 875 g/mol. The lowest BCUT2D eigenvalue weighted by atomic mass is 10.1. The van der Waals surface area contributed by atoms with Gasteiger partial charge < -0.3 is 19.6 Å². The van der Waals surface area contributed by atoms with E-state index in [9.17, 15) is 27.2 Å². The molecule has 0 radical (unpaired) electrons. The third-order valence-electron chi connectivity index (χ3n) is 7.81. The largest absolute Gasteiger partial charge is 0.367 e. The number of rotatable bonds is 1. The number of hydrogen-bond donors (Lipinski definition) is 0. The van der Waals surface area contributed by atoms with Crippen molar-refractivity contribution >= 4 is 57.2 Å². The number of fused-ring (bicyclic) bond motifs is 8. The summed E-state index contributed by atoms with van der Waals surface area (Å²) in [5.41, 5.74) is 3.03. The lowest BCUT2D eigenvalue weighted by Gasteiger charge is -2.48. The molecule has 0 N–H and O–H groups in total. The monoisotopic (exact) mass is 874 g/mol. The predicted molar refractivity (Wildman–Crippen MR) is 182 cm³/mol. The molecule has 0 atom stereocenters. The Bertz CT molecular complexity index is 1240. The number of hydrogen-bond acceptors (Lipinski definition) is 6. The number of amides is 4. The fourth-order valence-corrected chi connectivity index (χ4v) is 5.07. The van der Waals surface area contributed by atoms with Crippen LogP contribution in [0, 0.1) is 0 Å². The van der Waals surface area contributed by atoms with E-state index in [2.05, 4.69) is 51.3 Å². The standard InChI is InChI=1S/C28H40N8O2.C2F4I2/c1-27(2,3)35-17-31-13-21-9-7-11-23(29-21)15-33-19-36(28(4,5)6)20-34(26(33)38)16-24-12-8-10-22(30-24)14-32(18-35)25(31)37;3-1(4,7)2(5,6)8/h7-12H,13-20H2,1-6H3;. The van der Waals surface area contributed by atoms with E-state index in [-0.39, 0.29) is 23.1 Å². The molecule has 0 spiro atoms. The number of carbonyl (C=O) groups is 2. The van der Waals surface area contributed by atoms with Gasteiger partial charge in [0.15, 0.2) is 0 Å². The van der Waals surface area contributed by atoms with Crippen LogP contribution in [-0.2, 0) is 26.2 Å². The smallest absolute Gasteiger partial charge is 0.306 e. The number of nitrogens with zero attached hydrogens (tertiary/aromatic N) is 8. The normalized spacial score (nSPS) is 19.2. The first-order chi connectivity index (χ1) is 21.1. The second kappa shape index (κ2) is 13.8. The van der Waals surface area contributed by atoms with Gasteiger partial charge in [0.25, 0.3) is 0 Å². The summed E-state index contributed by atoms with van der Waals surface area (Å²) in [5.74, 6) is 0. The molecule has 2 saturated heterocycles. The molecule has 0 aliphatic carbocycles. The van der Waals surface area contributed by atoms with E-state index in [1.54, 1.807) is 0 Å². The molecule has 0 unspecified atom stereocenters. The number of halogens is 6. The van der Waals surface area contributed by atoms with Gasteiger partial charge in [-0.3, -0.25) is 19.8 Å². The Hall–Kier alpha value is -2.06. The van der Waals surface area contributed by atoms with Crippen LogP contribution in [0.5, 0.6) is 0 Å². The zero-order valence-electron chi connectivity index (χ0n) is 26.8. The summed E-state index contributed by atoms with van der Waals surface area (Å²) in [5, 5.41) is 0. The molecule has 0 saturated carbocycles. The van der Waals surface area contributed by atoms with E-state index < -0.39 is 7.86 Å². The Morgan fingerprint density at radius 2 is 0.783 bits per heavy atom. The van der Waals surface area contributed by atoms with E-state index in [0.29, 0.717) is 98.0 Å². The third-order valence-corrected chi connectivity index (χ3v) is 10.2. The molecule has 2 aromatic heterocycles. The van der Waals surface area contributed by atoms with Gasteiger partial charge in [-0.2, -0.15) is 17.6 Å². The third kappa shape index (κ3) is 9.30. The molecule has 3 aliphatic heterocycles. The zero-order valence-corrected chi connectivity index (χ0v) is 31.1. The lowest BCUT2D eigenvalue weighted by Crippen LogP contribution is -2.62. The van der Waals surface area contributed by atoms with Crippen LogP contribution in [0.3, 0.4) is 0 Å². The van der Waals surface area contributed by atoms with E-state index in [0.717, 1.165) is 22.8 Å². The highest BCUT2D eigenvalue weighted by Crippen LogP contribution is 2.44. The number of alkyl halides is 6. The summed E-state index contributed by atoms with van der Waals surface area (Å²) in [6.07, 6.45) is 0. The minimum Gasteiger partial charge on any atom is -0.306 e. The van der Waals surface area contributed by atoms with Crippen molar-refractivity contribution < 1.29 is 27.2 Å². The van der Waals surface area contributed by atoms with E-state index in [1.807, 2.05) is 56.0 Å². The van der Waals surface area contributed by atoms with Crippen LogP contribution in [0.4, 0.5) is 27.2 Å². The van der Waals surface area contributed by atoms with Crippen molar-refractivity contribution in [1.29, 1.82) is 0 Å². The highest BCUT2D eigenvalue weighted by atomic mass is 127. The van der Waals surface area contributed by atoms with Crippen LogP contribution in [0.1, 0.15) is 64.3 Å². The topological polar surface area (TPSA) is 79.4 Å². The van der Waals surface area contributed by atoms with Crippen molar-refractivity contribution in [3.8, 4) is 0 Å². The molecular formula is C30H40F4I2N8O2. The Kier molecular flexibility index (Phi) is 11.0. The molecule has 46 heavy (non-hydrogen) atoms. The van der Waals surface area contributed by atoms with Crippen molar-refractivity contribution in [2.24, 2.45) is 0 Å². The van der Waals surface area contributed by atoms with Gasteiger partial charge in [-0.15, -0.1) is 0 Å². The van der Waals surface area contributed by atoms with Crippen LogP contribution < -0.4 is 0 Å². The highest BCUT2D eigenvalue weighted by Gasteiger charge is 2.51. The molecule has 254 valence electrons. The molecule has 2 fully saturated rings. The average Bonchev–Trinajstić information content (AvgIpc) is 2.91. The maximum absolute atomic E-state index is 13.6. The van der Waals surface area contributed by atoms with E-state index in [1.165, 1.54) is 0 Å². The van der Waals surface area contributed by atoms with Crippen LogP contribution in [0.2, 0.25) is 0 Å². The Morgan fingerprint density at radius 1 is 0.543 bits per heavy atom. The van der Waals surface area contributed by atoms with Crippen molar-refractivity contribution in [1.82, 2.24) is 39.4 Å². The molecule has 3 aliphatic rings. The molecule has 4 amide bonds. The Balaban J connectivity index is 0.000000533. The molecule has 8 bridgehead atoms. The van der Waals surface area contributed by atoms with Crippen LogP contribution in [0.25, 0.3) is 0 Å². The molecule has 0 aromatic carbocycles. The second-order valence-electron chi connectivity index (χ2n) is 13.6. The molecule has 2 aromatic rings. The van der Waals surface area contributed by atoms with Crippen molar-refractivity contribution in [2.45, 2.75) is 86.7 Å². The fraction of sp³-hybridized carbons (Fsp3) is 0.600. The summed E-state index contributed by atoms with van der Waals surface area (Å²) in [7, 11) is 0. The zero-order chi connectivity index (χ0) is 34.2. The summed E-state index contributed by atoms with van der Waals surface area (Å²) in [6.45, 7) is 16.7.